The van der Waals surface area contributed by atoms with E-state index < -0.39 is 6.04 Å². The normalized spacial score (nSPS) is 12.4. The van der Waals surface area contributed by atoms with Crippen molar-refractivity contribution < 1.29 is 4.79 Å². The van der Waals surface area contributed by atoms with E-state index in [1.54, 1.807) is 0 Å². The molecule has 2 rings (SSSR count). The first-order valence-corrected chi connectivity index (χ1v) is 7.16. The molecule has 1 atom stereocenters. The highest BCUT2D eigenvalue weighted by molar-refractivity contribution is 9.10. The summed E-state index contributed by atoms with van der Waals surface area (Å²) in [6.45, 7) is 2.02. The van der Waals surface area contributed by atoms with E-state index in [9.17, 15) is 4.79 Å². The fourth-order valence-electron chi connectivity index (χ4n) is 2.04. The highest BCUT2D eigenvalue weighted by atomic mass is 79.9. The minimum absolute atomic E-state index is 0.130. The Hall–Kier alpha value is -1.39. The van der Waals surface area contributed by atoms with E-state index in [4.69, 9.17) is 5.73 Å². The average molecular weight is 321 g/mol. The summed E-state index contributed by atoms with van der Waals surface area (Å²) in [5, 5.41) is 4.99. The van der Waals surface area contributed by atoms with Crippen LogP contribution in [0.3, 0.4) is 0 Å². The summed E-state index contributed by atoms with van der Waals surface area (Å²) in [5.74, 6) is -0.130. The van der Waals surface area contributed by atoms with Crippen LogP contribution in [-0.2, 0) is 4.79 Å². The van der Waals surface area contributed by atoms with Crippen molar-refractivity contribution in [2.24, 2.45) is 5.73 Å². The third kappa shape index (κ3) is 3.14. The monoisotopic (exact) mass is 320 g/mol. The van der Waals surface area contributed by atoms with Gasteiger partial charge in [0.15, 0.2) is 0 Å². The van der Waals surface area contributed by atoms with Crippen LogP contribution in [-0.4, -0.2) is 11.9 Å². The summed E-state index contributed by atoms with van der Waals surface area (Å²) < 4.78 is 1.01. The molecule has 0 aliphatic carbocycles. The first-order chi connectivity index (χ1) is 9.13. The quantitative estimate of drug-likeness (QED) is 0.903. The molecule has 0 saturated carbocycles. The van der Waals surface area contributed by atoms with Crippen LogP contribution in [0.2, 0.25) is 0 Å². The molecule has 4 heteroatoms. The van der Waals surface area contributed by atoms with Crippen LogP contribution in [0.25, 0.3) is 10.8 Å². The minimum atomic E-state index is -0.451. The van der Waals surface area contributed by atoms with Gasteiger partial charge < -0.3 is 11.1 Å². The number of amides is 1. The summed E-state index contributed by atoms with van der Waals surface area (Å²) in [7, 11) is 0. The van der Waals surface area contributed by atoms with Crippen molar-refractivity contribution in [3.63, 3.8) is 0 Å². The topological polar surface area (TPSA) is 55.1 Å². The molecule has 1 amide bonds. The van der Waals surface area contributed by atoms with Gasteiger partial charge in [0.1, 0.15) is 0 Å². The number of fused-ring (bicyclic) bond motifs is 1. The Morgan fingerprint density at radius 2 is 1.95 bits per heavy atom. The van der Waals surface area contributed by atoms with E-state index in [0.29, 0.717) is 6.42 Å². The van der Waals surface area contributed by atoms with E-state index in [1.165, 1.54) is 0 Å². The second-order valence-electron chi connectivity index (χ2n) is 4.52. The van der Waals surface area contributed by atoms with Gasteiger partial charge in [0.05, 0.1) is 6.04 Å². The predicted octanol–water partition coefficient (Wildman–Crippen LogP) is 3.67. The van der Waals surface area contributed by atoms with Crippen LogP contribution in [0.4, 0.5) is 5.69 Å². The van der Waals surface area contributed by atoms with Crippen molar-refractivity contribution in [3.05, 3.63) is 40.9 Å². The van der Waals surface area contributed by atoms with Crippen molar-refractivity contribution in [2.45, 2.75) is 25.8 Å². The van der Waals surface area contributed by atoms with Crippen LogP contribution >= 0.6 is 15.9 Å². The molecule has 2 aromatic carbocycles. The van der Waals surface area contributed by atoms with Crippen LogP contribution in [0.1, 0.15) is 19.8 Å². The number of nitrogens with two attached hydrogens (primary N) is 1. The lowest BCUT2D eigenvalue weighted by molar-refractivity contribution is -0.117. The SMILES string of the molecule is CCC[C@@H](N)C(=O)Nc1ccc(Br)c2ccccc12. The highest BCUT2D eigenvalue weighted by Crippen LogP contribution is 2.29. The van der Waals surface area contributed by atoms with E-state index in [1.807, 2.05) is 43.3 Å². The lowest BCUT2D eigenvalue weighted by Crippen LogP contribution is -2.35. The fraction of sp³-hybridized carbons (Fsp3) is 0.267. The second-order valence-corrected chi connectivity index (χ2v) is 5.38. The second kappa shape index (κ2) is 6.17. The zero-order valence-electron chi connectivity index (χ0n) is 10.8. The Morgan fingerprint density at radius 1 is 1.26 bits per heavy atom. The van der Waals surface area contributed by atoms with Crippen LogP contribution in [0, 0.1) is 0 Å². The smallest absolute Gasteiger partial charge is 0.241 e. The van der Waals surface area contributed by atoms with Crippen LogP contribution < -0.4 is 11.1 Å². The van der Waals surface area contributed by atoms with E-state index >= 15 is 0 Å². The van der Waals surface area contributed by atoms with Gasteiger partial charge >= 0.3 is 0 Å². The fourth-order valence-corrected chi connectivity index (χ4v) is 2.52. The molecule has 0 fully saturated rings. The first-order valence-electron chi connectivity index (χ1n) is 6.37. The van der Waals surface area contributed by atoms with E-state index in [0.717, 1.165) is 27.4 Å². The standard InChI is InChI=1S/C15H17BrN2O/c1-2-5-13(17)15(19)18-14-9-8-12(16)10-6-3-4-7-11(10)14/h3-4,6-9,13H,2,5,17H2,1H3,(H,18,19)/t13-/m1/s1. The van der Waals surface area contributed by atoms with Crippen molar-refractivity contribution in [1.29, 1.82) is 0 Å². The predicted molar refractivity (Wildman–Crippen MR) is 83.2 cm³/mol. The number of carbonyl (C=O) groups is 1. The molecule has 0 saturated heterocycles. The van der Waals surface area contributed by atoms with E-state index in [-0.39, 0.29) is 5.91 Å². The maximum Gasteiger partial charge on any atom is 0.241 e. The number of benzene rings is 2. The van der Waals surface area contributed by atoms with Gasteiger partial charge in [-0.2, -0.15) is 0 Å². The molecule has 0 aromatic heterocycles. The van der Waals surface area contributed by atoms with Crippen molar-refractivity contribution in [2.75, 3.05) is 5.32 Å². The number of nitrogens with one attached hydrogen (secondary N) is 1. The molecule has 19 heavy (non-hydrogen) atoms. The van der Waals surface area contributed by atoms with Gasteiger partial charge in [-0.25, -0.2) is 0 Å². The number of halogens is 1. The van der Waals surface area contributed by atoms with Crippen LogP contribution in [0.5, 0.6) is 0 Å². The average Bonchev–Trinajstić information content (AvgIpc) is 2.42. The number of rotatable bonds is 4. The Labute approximate surface area is 121 Å². The molecule has 0 bridgehead atoms. The first kappa shape index (κ1) is 14.0. The lowest BCUT2D eigenvalue weighted by atomic mass is 10.1. The number of carbonyl (C=O) groups excluding carboxylic acids is 1. The van der Waals surface area contributed by atoms with Crippen molar-refractivity contribution in [1.82, 2.24) is 0 Å². The maximum atomic E-state index is 12.0. The minimum Gasteiger partial charge on any atom is -0.324 e. The van der Waals surface area contributed by atoms with Gasteiger partial charge in [0.2, 0.25) is 5.91 Å². The van der Waals surface area contributed by atoms with Gasteiger partial charge in [-0.15, -0.1) is 0 Å². The Balaban J connectivity index is 2.31. The van der Waals surface area contributed by atoms with Gasteiger partial charge in [0, 0.05) is 15.5 Å². The molecule has 100 valence electrons. The van der Waals surface area contributed by atoms with Gasteiger partial charge in [-0.05, 0) is 23.9 Å². The van der Waals surface area contributed by atoms with Crippen molar-refractivity contribution >= 4 is 38.3 Å². The molecule has 0 radical (unpaired) electrons. The molecular formula is C15H17BrN2O. The highest BCUT2D eigenvalue weighted by Gasteiger charge is 2.13. The molecule has 0 spiro atoms. The van der Waals surface area contributed by atoms with Crippen LogP contribution in [0.15, 0.2) is 40.9 Å². The zero-order chi connectivity index (χ0) is 13.8. The Morgan fingerprint density at radius 3 is 2.63 bits per heavy atom. The number of hydrogen-bond acceptors (Lipinski definition) is 2. The molecular weight excluding hydrogens is 304 g/mol. The molecule has 0 aliphatic rings. The molecule has 2 aromatic rings. The summed E-state index contributed by atoms with van der Waals surface area (Å²) >= 11 is 3.51. The number of hydrogen-bond donors (Lipinski definition) is 2. The number of anilines is 1. The summed E-state index contributed by atoms with van der Waals surface area (Å²) in [5.41, 5.74) is 6.63. The zero-order valence-corrected chi connectivity index (χ0v) is 12.4. The molecule has 3 nitrogen and oxygen atoms in total. The van der Waals surface area contributed by atoms with Crippen molar-refractivity contribution in [3.8, 4) is 0 Å². The van der Waals surface area contributed by atoms with Gasteiger partial charge in [0.25, 0.3) is 0 Å². The third-order valence-corrected chi connectivity index (χ3v) is 3.76. The summed E-state index contributed by atoms with van der Waals surface area (Å²) in [6, 6.07) is 11.3. The largest absolute Gasteiger partial charge is 0.324 e. The third-order valence-electron chi connectivity index (χ3n) is 3.07. The van der Waals surface area contributed by atoms with Gasteiger partial charge in [-0.3, -0.25) is 4.79 Å². The summed E-state index contributed by atoms with van der Waals surface area (Å²) in [6.07, 6.45) is 1.59. The molecule has 0 unspecified atom stereocenters. The molecule has 3 N–H and O–H groups in total. The summed E-state index contributed by atoms with van der Waals surface area (Å²) in [4.78, 5) is 12.0. The van der Waals surface area contributed by atoms with Gasteiger partial charge in [-0.1, -0.05) is 53.5 Å². The maximum absolute atomic E-state index is 12.0. The Bertz CT molecular complexity index is 598. The lowest BCUT2D eigenvalue weighted by Gasteiger charge is -2.13. The Kier molecular flexibility index (Phi) is 4.56. The van der Waals surface area contributed by atoms with E-state index in [2.05, 4.69) is 21.2 Å². The molecule has 0 heterocycles. The molecule has 0 aliphatic heterocycles.